The molecule has 45 heavy (non-hydrogen) atoms. The number of anilines is 3. The predicted molar refractivity (Wildman–Crippen MR) is 170 cm³/mol. The van der Waals surface area contributed by atoms with Crippen molar-refractivity contribution in [2.24, 2.45) is 13.0 Å². The third-order valence-electron chi connectivity index (χ3n) is 8.49. The van der Waals surface area contributed by atoms with Gasteiger partial charge in [-0.2, -0.15) is 20.6 Å². The number of carbonyl (C=O) groups is 1. The molecule has 6 rings (SSSR count). The molecule has 1 atom stereocenters. The van der Waals surface area contributed by atoms with Crippen molar-refractivity contribution in [1.82, 2.24) is 30.0 Å². The Bertz CT molecular complexity index is 1700. The quantitative estimate of drug-likeness (QED) is 0.294. The molecule has 0 spiro atoms. The van der Waals surface area contributed by atoms with Gasteiger partial charge in [0, 0.05) is 62.3 Å². The van der Waals surface area contributed by atoms with Gasteiger partial charge in [0.25, 0.3) is 0 Å². The van der Waals surface area contributed by atoms with Gasteiger partial charge in [-0.05, 0) is 49.8 Å². The maximum Gasteiger partial charge on any atom is 0.323 e. The molecule has 1 saturated carbocycles. The van der Waals surface area contributed by atoms with E-state index in [0.717, 1.165) is 48.8 Å². The van der Waals surface area contributed by atoms with Gasteiger partial charge in [-0.1, -0.05) is 30.3 Å². The Morgan fingerprint density at radius 3 is 2.49 bits per heavy atom. The summed E-state index contributed by atoms with van der Waals surface area (Å²) in [7, 11) is 1.88. The molecule has 0 bridgehead atoms. The van der Waals surface area contributed by atoms with Gasteiger partial charge in [0.15, 0.2) is 5.82 Å². The van der Waals surface area contributed by atoms with E-state index in [2.05, 4.69) is 37.8 Å². The first-order valence-corrected chi connectivity index (χ1v) is 15.2. The minimum absolute atomic E-state index is 0.0412. The second-order valence-corrected chi connectivity index (χ2v) is 11.6. The van der Waals surface area contributed by atoms with E-state index in [-0.39, 0.29) is 24.0 Å². The molecule has 12 nitrogen and oxygen atoms in total. The molecule has 2 N–H and O–H groups in total. The van der Waals surface area contributed by atoms with Crippen LogP contribution < -0.4 is 20.4 Å². The molecule has 0 radical (unpaired) electrons. The fraction of sp³-hybridized carbons (Fsp3) is 0.364. The van der Waals surface area contributed by atoms with Gasteiger partial charge in [-0.25, -0.2) is 14.8 Å². The number of amides is 2. The molecule has 3 aromatic heterocycles. The SMILES string of the molecule is Cn1cc(-c2ccc(N(C(=O)NCc3ccccc3)[C@H]3CC[C@H](Nc4ncc(C#N)c(N5CCC(C#N)C5)n4)CC3)nc2)cn1. The third-order valence-corrected chi connectivity index (χ3v) is 8.49. The third kappa shape index (κ3) is 6.86. The van der Waals surface area contributed by atoms with Crippen LogP contribution in [0.3, 0.4) is 0 Å². The summed E-state index contributed by atoms with van der Waals surface area (Å²) in [5.74, 6) is 1.58. The first kappa shape index (κ1) is 29.6. The lowest BCUT2D eigenvalue weighted by molar-refractivity contribution is 0.240. The number of carbonyl (C=O) groups excluding carboxylic acids is 1. The minimum atomic E-state index is -0.182. The summed E-state index contributed by atoms with van der Waals surface area (Å²) in [6, 6.07) is 18.1. The standard InChI is InChI=1S/C33H35N11O/c1-42-22-27(20-39-42)25-7-12-30(36-18-25)44(33(45)38-17-23-5-3-2-4-6-23)29-10-8-28(9-11-29)40-32-37-19-26(16-35)31(41-32)43-14-13-24(15-34)21-43/h2-7,12,18-20,22,24,28-29H,8-11,13-14,17,21H2,1H3,(H,38,45)(H,37,40,41)/t24?,28-,29-. The minimum Gasteiger partial charge on any atom is -0.354 e. The van der Waals surface area contributed by atoms with E-state index in [4.69, 9.17) is 4.98 Å². The molecule has 2 aliphatic rings. The average Bonchev–Trinajstić information content (AvgIpc) is 3.75. The highest BCUT2D eigenvalue weighted by atomic mass is 16.2. The van der Waals surface area contributed by atoms with Crippen molar-refractivity contribution in [2.75, 3.05) is 28.2 Å². The van der Waals surface area contributed by atoms with Crippen molar-refractivity contribution in [3.63, 3.8) is 0 Å². The number of urea groups is 1. The molecule has 12 heteroatoms. The van der Waals surface area contributed by atoms with Crippen LogP contribution in [0.15, 0.2) is 67.3 Å². The number of pyridine rings is 1. The van der Waals surface area contributed by atoms with E-state index < -0.39 is 0 Å². The van der Waals surface area contributed by atoms with Crippen LogP contribution in [-0.2, 0) is 13.6 Å². The zero-order valence-corrected chi connectivity index (χ0v) is 25.2. The van der Waals surface area contributed by atoms with Crippen LogP contribution in [0.25, 0.3) is 11.1 Å². The molecule has 228 valence electrons. The van der Waals surface area contributed by atoms with Crippen LogP contribution in [0.5, 0.6) is 0 Å². The Kier molecular flexibility index (Phi) is 8.83. The lowest BCUT2D eigenvalue weighted by atomic mass is 9.90. The zero-order valence-electron chi connectivity index (χ0n) is 25.2. The molecule has 4 aromatic rings. The molecule has 2 amide bonds. The fourth-order valence-corrected chi connectivity index (χ4v) is 6.07. The number of nitrogens with one attached hydrogen (secondary N) is 2. The van der Waals surface area contributed by atoms with E-state index in [9.17, 15) is 15.3 Å². The molecule has 4 heterocycles. The van der Waals surface area contributed by atoms with Crippen molar-refractivity contribution in [2.45, 2.75) is 50.7 Å². The number of rotatable bonds is 8. The average molecular weight is 602 g/mol. The first-order valence-electron chi connectivity index (χ1n) is 15.2. The van der Waals surface area contributed by atoms with Gasteiger partial charge in [0.05, 0.1) is 24.4 Å². The number of hydrogen-bond donors (Lipinski definition) is 2. The van der Waals surface area contributed by atoms with Gasteiger partial charge >= 0.3 is 6.03 Å². The Morgan fingerprint density at radius 1 is 1.00 bits per heavy atom. The number of benzene rings is 1. The maximum absolute atomic E-state index is 13.7. The molecule has 2 fully saturated rings. The molecule has 1 aliphatic carbocycles. The van der Waals surface area contributed by atoms with Gasteiger partial charge in [0.1, 0.15) is 17.5 Å². The van der Waals surface area contributed by atoms with E-state index in [1.54, 1.807) is 28.2 Å². The highest BCUT2D eigenvalue weighted by Gasteiger charge is 2.32. The maximum atomic E-state index is 13.7. The van der Waals surface area contributed by atoms with E-state index >= 15 is 0 Å². The summed E-state index contributed by atoms with van der Waals surface area (Å²) in [4.78, 5) is 31.3. The molecular weight excluding hydrogens is 566 g/mol. The lowest BCUT2D eigenvalue weighted by Crippen LogP contribution is -2.49. The van der Waals surface area contributed by atoms with Gasteiger partial charge in [-0.3, -0.25) is 9.58 Å². The number of nitriles is 2. The summed E-state index contributed by atoms with van der Waals surface area (Å²) in [6.07, 6.45) is 11.0. The molecule has 1 aliphatic heterocycles. The van der Waals surface area contributed by atoms with Crippen molar-refractivity contribution in [3.8, 4) is 23.3 Å². The second kappa shape index (κ2) is 13.4. The Hall–Kier alpha value is -5.49. The van der Waals surface area contributed by atoms with Crippen molar-refractivity contribution < 1.29 is 4.79 Å². The smallest absolute Gasteiger partial charge is 0.323 e. The fourth-order valence-electron chi connectivity index (χ4n) is 6.07. The van der Waals surface area contributed by atoms with E-state index in [1.807, 2.05) is 60.6 Å². The summed E-state index contributed by atoms with van der Waals surface area (Å²) in [6.45, 7) is 1.67. The largest absolute Gasteiger partial charge is 0.354 e. The van der Waals surface area contributed by atoms with E-state index in [1.165, 1.54) is 0 Å². The molecule has 1 unspecified atom stereocenters. The highest BCUT2D eigenvalue weighted by Crippen LogP contribution is 2.31. The summed E-state index contributed by atoms with van der Waals surface area (Å²) < 4.78 is 1.75. The number of hydrogen-bond acceptors (Lipinski definition) is 9. The Labute approximate surface area is 262 Å². The normalized spacial score (nSPS) is 19.4. The summed E-state index contributed by atoms with van der Waals surface area (Å²) in [5.41, 5.74) is 3.33. The number of nitrogens with zero attached hydrogens (tertiary/aromatic N) is 9. The molecule has 1 aromatic carbocycles. The van der Waals surface area contributed by atoms with Gasteiger partial charge in [-0.15, -0.1) is 0 Å². The highest BCUT2D eigenvalue weighted by molar-refractivity contribution is 5.91. The molecular formula is C33H35N11O. The monoisotopic (exact) mass is 601 g/mol. The van der Waals surface area contributed by atoms with Crippen molar-refractivity contribution in [1.29, 1.82) is 10.5 Å². The topological polar surface area (TPSA) is 152 Å². The zero-order chi connectivity index (χ0) is 31.2. The Morgan fingerprint density at radius 2 is 1.82 bits per heavy atom. The Balaban J connectivity index is 1.15. The lowest BCUT2D eigenvalue weighted by Gasteiger charge is -2.36. The van der Waals surface area contributed by atoms with Crippen LogP contribution in [0.4, 0.5) is 22.4 Å². The number of aromatic nitrogens is 5. The molecule has 1 saturated heterocycles. The summed E-state index contributed by atoms with van der Waals surface area (Å²) in [5, 5.41) is 29.7. The first-order chi connectivity index (χ1) is 22.0. The predicted octanol–water partition coefficient (Wildman–Crippen LogP) is 4.63. The second-order valence-electron chi connectivity index (χ2n) is 11.6. The van der Waals surface area contributed by atoms with Gasteiger partial charge < -0.3 is 15.5 Å². The van der Waals surface area contributed by atoms with Crippen LogP contribution in [0, 0.1) is 28.6 Å². The van der Waals surface area contributed by atoms with E-state index in [0.29, 0.717) is 42.8 Å². The van der Waals surface area contributed by atoms with Crippen LogP contribution in [0.2, 0.25) is 0 Å². The summed E-state index contributed by atoms with van der Waals surface area (Å²) >= 11 is 0. The van der Waals surface area contributed by atoms with Gasteiger partial charge in [0.2, 0.25) is 5.95 Å². The van der Waals surface area contributed by atoms with Crippen LogP contribution in [0.1, 0.15) is 43.2 Å². The van der Waals surface area contributed by atoms with Crippen LogP contribution in [-0.4, -0.2) is 55.9 Å². The number of aryl methyl sites for hydroxylation is 1. The van der Waals surface area contributed by atoms with Crippen molar-refractivity contribution >= 4 is 23.6 Å². The van der Waals surface area contributed by atoms with Crippen molar-refractivity contribution in [3.05, 3.63) is 78.4 Å². The van der Waals surface area contributed by atoms with Crippen LogP contribution >= 0.6 is 0 Å².